The van der Waals surface area contributed by atoms with E-state index in [0.717, 1.165) is 11.9 Å². The third kappa shape index (κ3) is 5.49. The molecule has 3 aromatic rings. The minimum Gasteiger partial charge on any atom is -0.390 e. The van der Waals surface area contributed by atoms with E-state index in [4.69, 9.17) is 16.3 Å². The van der Waals surface area contributed by atoms with Crippen molar-refractivity contribution < 1.29 is 18.6 Å². The van der Waals surface area contributed by atoms with Crippen LogP contribution in [0.1, 0.15) is 46.6 Å². The quantitative estimate of drug-likeness (QED) is 0.424. The van der Waals surface area contributed by atoms with Crippen LogP contribution in [0.15, 0.2) is 29.2 Å². The molecule has 0 saturated carbocycles. The number of nitrogens with zero attached hydrogens (tertiary/aromatic N) is 5. The number of fused-ring (bicyclic) bond motifs is 1. The fraction of sp³-hybridized carbons (Fsp3) is 0.593. The van der Waals surface area contributed by atoms with Crippen molar-refractivity contribution in [3.63, 3.8) is 0 Å². The smallest absolute Gasteiger partial charge is 0.329 e. The van der Waals surface area contributed by atoms with E-state index in [1.807, 2.05) is 18.2 Å². The van der Waals surface area contributed by atoms with Gasteiger partial charge in [0, 0.05) is 43.8 Å². The van der Waals surface area contributed by atoms with Crippen molar-refractivity contribution in [3.05, 3.63) is 39.9 Å². The van der Waals surface area contributed by atoms with Gasteiger partial charge in [-0.15, -0.1) is 0 Å². The molecule has 0 amide bonds. The summed E-state index contributed by atoms with van der Waals surface area (Å²) in [6.07, 6.45) is 2.61. The number of nitrogens with one attached hydrogen (secondary N) is 1. The van der Waals surface area contributed by atoms with Crippen LogP contribution in [-0.4, -0.2) is 62.0 Å². The maximum absolute atomic E-state index is 14.4. The molecule has 0 radical (unpaired) electrons. The normalized spacial score (nSPS) is 23.5. The number of ether oxygens (including phenoxy) is 1. The van der Waals surface area contributed by atoms with E-state index in [1.54, 1.807) is 27.9 Å². The largest absolute Gasteiger partial charge is 0.390 e. The number of aliphatic hydroxyl groups is 1. The summed E-state index contributed by atoms with van der Waals surface area (Å²) >= 11 is 6.43. The van der Waals surface area contributed by atoms with E-state index < -0.39 is 23.4 Å². The van der Waals surface area contributed by atoms with Crippen LogP contribution in [0.3, 0.4) is 0 Å². The summed E-state index contributed by atoms with van der Waals surface area (Å²) in [5.74, 6) is -3.76. The number of hydrogen-bond acceptors (Lipinski definition) is 7. The SMILES string of the molecule is C[C@@H]1CN(c2ncc(Cl)c(Nc3ccc4c(c3)n(CCC(C)(C)O)c(=O)n4[C@H]3CCOC3)n2)C[C@H](C)C1(F)F. The van der Waals surface area contributed by atoms with Gasteiger partial charge >= 0.3 is 5.69 Å². The number of alkyl halides is 2. The van der Waals surface area contributed by atoms with Gasteiger partial charge in [0.1, 0.15) is 5.02 Å². The molecule has 212 valence electrons. The van der Waals surface area contributed by atoms with Crippen LogP contribution in [0, 0.1) is 11.8 Å². The molecular formula is C27H35ClF2N6O3. The highest BCUT2D eigenvalue weighted by Crippen LogP contribution is 2.39. The second-order valence-corrected chi connectivity index (χ2v) is 11.9. The van der Waals surface area contributed by atoms with E-state index in [1.165, 1.54) is 20.0 Å². The Morgan fingerprint density at radius 1 is 1.23 bits per heavy atom. The van der Waals surface area contributed by atoms with Crippen LogP contribution in [0.5, 0.6) is 0 Å². The van der Waals surface area contributed by atoms with Crippen molar-refractivity contribution in [3.8, 4) is 0 Å². The summed E-state index contributed by atoms with van der Waals surface area (Å²) in [6, 6.07) is 5.53. The Kier molecular flexibility index (Phi) is 7.36. The van der Waals surface area contributed by atoms with Gasteiger partial charge in [-0.05, 0) is 44.9 Å². The molecule has 39 heavy (non-hydrogen) atoms. The van der Waals surface area contributed by atoms with E-state index in [2.05, 4.69) is 15.3 Å². The molecule has 2 N–H and O–H groups in total. The van der Waals surface area contributed by atoms with Gasteiger partial charge in [0.05, 0.1) is 35.5 Å². The Hall–Kier alpha value is -2.76. The number of anilines is 3. The van der Waals surface area contributed by atoms with Crippen molar-refractivity contribution in [1.29, 1.82) is 0 Å². The Balaban J connectivity index is 1.48. The van der Waals surface area contributed by atoms with Gasteiger partial charge in [0.15, 0.2) is 5.82 Å². The van der Waals surface area contributed by atoms with Crippen LogP contribution in [0.25, 0.3) is 11.0 Å². The zero-order valence-corrected chi connectivity index (χ0v) is 23.4. The maximum Gasteiger partial charge on any atom is 0.329 e. The highest BCUT2D eigenvalue weighted by molar-refractivity contribution is 6.32. The number of benzene rings is 1. The zero-order chi connectivity index (χ0) is 28.1. The van der Waals surface area contributed by atoms with Crippen molar-refractivity contribution in [2.75, 3.05) is 36.5 Å². The van der Waals surface area contributed by atoms with Crippen molar-refractivity contribution in [1.82, 2.24) is 19.1 Å². The summed E-state index contributed by atoms with van der Waals surface area (Å²) in [5.41, 5.74) is 1.07. The molecule has 1 aromatic carbocycles. The highest BCUT2D eigenvalue weighted by atomic mass is 35.5. The summed E-state index contributed by atoms with van der Waals surface area (Å²) in [5, 5.41) is 13.8. The highest BCUT2D eigenvalue weighted by Gasteiger charge is 2.47. The monoisotopic (exact) mass is 564 g/mol. The lowest BCUT2D eigenvalue weighted by atomic mass is 9.87. The van der Waals surface area contributed by atoms with Crippen LogP contribution in [0.4, 0.5) is 26.2 Å². The molecule has 2 aliphatic heterocycles. The lowest BCUT2D eigenvalue weighted by Gasteiger charge is -2.41. The third-order valence-corrected chi connectivity index (χ3v) is 8.04. The number of imidazole rings is 1. The van der Waals surface area contributed by atoms with E-state index in [9.17, 15) is 18.7 Å². The van der Waals surface area contributed by atoms with Gasteiger partial charge in [-0.1, -0.05) is 25.4 Å². The Morgan fingerprint density at radius 3 is 2.59 bits per heavy atom. The number of rotatable bonds is 7. The average molecular weight is 565 g/mol. The zero-order valence-electron chi connectivity index (χ0n) is 22.6. The molecule has 0 aliphatic carbocycles. The molecule has 0 unspecified atom stereocenters. The Morgan fingerprint density at radius 2 is 1.95 bits per heavy atom. The standard InChI is InChI=1S/C27H35ClF2N6O3/c1-16-13-34(14-17(2)27(16,29)30)24-31-12-20(28)23(33-24)32-18-5-6-21-22(11-18)35(9-8-26(3,4)38)25(37)36(21)19-7-10-39-15-19/h5-6,11-12,16-17,19,38H,7-10,13-15H2,1-4H3,(H,31,32,33)/t16-,17+,19-/m0/s1. The maximum atomic E-state index is 14.4. The molecule has 3 atom stereocenters. The lowest BCUT2D eigenvalue weighted by Crippen LogP contribution is -2.52. The fourth-order valence-corrected chi connectivity index (χ4v) is 5.54. The van der Waals surface area contributed by atoms with Gasteiger partial charge in [-0.3, -0.25) is 9.13 Å². The minimum absolute atomic E-state index is 0.0530. The summed E-state index contributed by atoms with van der Waals surface area (Å²) in [7, 11) is 0. The van der Waals surface area contributed by atoms with Gasteiger partial charge in [0.25, 0.3) is 5.92 Å². The molecule has 9 nitrogen and oxygen atoms in total. The summed E-state index contributed by atoms with van der Waals surface area (Å²) in [6.45, 7) is 8.20. The molecule has 2 aliphatic rings. The van der Waals surface area contributed by atoms with Gasteiger partial charge in [-0.2, -0.15) is 4.98 Å². The molecule has 12 heteroatoms. The molecule has 2 aromatic heterocycles. The van der Waals surface area contributed by atoms with Gasteiger partial charge in [-0.25, -0.2) is 18.6 Å². The minimum atomic E-state index is -2.75. The van der Waals surface area contributed by atoms with Crippen LogP contribution in [-0.2, 0) is 11.3 Å². The summed E-state index contributed by atoms with van der Waals surface area (Å²) < 4.78 is 37.8. The molecule has 2 saturated heterocycles. The number of piperidine rings is 1. The van der Waals surface area contributed by atoms with Gasteiger partial charge < -0.3 is 20.1 Å². The van der Waals surface area contributed by atoms with Gasteiger partial charge in [0.2, 0.25) is 5.95 Å². The summed E-state index contributed by atoms with van der Waals surface area (Å²) in [4.78, 5) is 24.1. The Labute approximate surface area is 230 Å². The molecule has 0 spiro atoms. The van der Waals surface area contributed by atoms with E-state index >= 15 is 0 Å². The third-order valence-electron chi connectivity index (χ3n) is 7.76. The predicted molar refractivity (Wildman–Crippen MR) is 147 cm³/mol. The van der Waals surface area contributed by atoms with Crippen LogP contribution in [0.2, 0.25) is 5.02 Å². The Bertz CT molecular complexity index is 1400. The molecule has 5 rings (SSSR count). The van der Waals surface area contributed by atoms with Crippen molar-refractivity contribution in [2.24, 2.45) is 11.8 Å². The number of aromatic nitrogens is 4. The topological polar surface area (TPSA) is 97.4 Å². The van der Waals surface area contributed by atoms with Crippen LogP contribution >= 0.6 is 11.6 Å². The van der Waals surface area contributed by atoms with Crippen LogP contribution < -0.4 is 15.9 Å². The number of aryl methyl sites for hydroxylation is 1. The van der Waals surface area contributed by atoms with Crippen molar-refractivity contribution in [2.45, 2.75) is 64.6 Å². The first-order chi connectivity index (χ1) is 18.3. The van der Waals surface area contributed by atoms with E-state index in [-0.39, 0.29) is 29.8 Å². The number of hydrogen-bond donors (Lipinski definition) is 2. The molecule has 0 bridgehead atoms. The number of halogens is 3. The first-order valence-corrected chi connectivity index (χ1v) is 13.7. The lowest BCUT2D eigenvalue weighted by molar-refractivity contribution is -0.105. The molecule has 4 heterocycles. The molecule has 2 fully saturated rings. The first-order valence-electron chi connectivity index (χ1n) is 13.3. The van der Waals surface area contributed by atoms with Crippen molar-refractivity contribution >= 4 is 40.1 Å². The average Bonchev–Trinajstić information content (AvgIpc) is 3.47. The fourth-order valence-electron chi connectivity index (χ4n) is 5.40. The predicted octanol–water partition coefficient (Wildman–Crippen LogP) is 4.84. The molecular weight excluding hydrogens is 530 g/mol. The second kappa shape index (κ2) is 10.3. The first kappa shape index (κ1) is 27.8. The second-order valence-electron chi connectivity index (χ2n) is 11.5. The van der Waals surface area contributed by atoms with E-state index in [0.29, 0.717) is 49.1 Å².